The number of ether oxygens (including phenoxy) is 2. The maximum atomic E-state index is 11.9. The molecule has 24 heavy (non-hydrogen) atoms. The van der Waals surface area contributed by atoms with Gasteiger partial charge in [0.15, 0.2) is 6.61 Å². The summed E-state index contributed by atoms with van der Waals surface area (Å²) in [7, 11) is 0. The minimum atomic E-state index is -0.258. The fourth-order valence-corrected chi connectivity index (χ4v) is 3.01. The van der Waals surface area contributed by atoms with Crippen LogP contribution in [0.4, 0.5) is 0 Å². The summed E-state index contributed by atoms with van der Waals surface area (Å²) >= 11 is 3.49. The van der Waals surface area contributed by atoms with Gasteiger partial charge in [0.2, 0.25) is 0 Å². The van der Waals surface area contributed by atoms with Gasteiger partial charge in [0.1, 0.15) is 5.75 Å². The molecule has 0 radical (unpaired) electrons. The van der Waals surface area contributed by atoms with Gasteiger partial charge in [0.05, 0.1) is 6.10 Å². The number of benzene rings is 1. The van der Waals surface area contributed by atoms with Crippen molar-refractivity contribution in [2.45, 2.75) is 51.8 Å². The van der Waals surface area contributed by atoms with Crippen molar-refractivity contribution in [3.63, 3.8) is 0 Å². The van der Waals surface area contributed by atoms with Crippen LogP contribution >= 0.6 is 15.9 Å². The molecule has 1 unspecified atom stereocenters. The minimum absolute atomic E-state index is 0.0115. The summed E-state index contributed by atoms with van der Waals surface area (Å²) in [4.78, 5) is 11.9. The molecular weight excluding hydrogens is 372 g/mol. The SMILES string of the molecule is CC(C)(C)NC(=O)COc1ccc(Br)cc1CNCC1CCCO1. The number of nitrogens with one attached hydrogen (secondary N) is 2. The van der Waals surface area contributed by atoms with E-state index < -0.39 is 0 Å². The molecule has 2 rings (SSSR count). The van der Waals surface area contributed by atoms with Gasteiger partial charge in [0, 0.05) is 35.3 Å². The van der Waals surface area contributed by atoms with Gasteiger partial charge in [-0.2, -0.15) is 0 Å². The van der Waals surface area contributed by atoms with Crippen LogP contribution in [0.2, 0.25) is 0 Å². The van der Waals surface area contributed by atoms with E-state index in [-0.39, 0.29) is 18.1 Å². The van der Waals surface area contributed by atoms with E-state index in [0.29, 0.717) is 12.6 Å². The Balaban J connectivity index is 1.87. The number of halogens is 1. The van der Waals surface area contributed by atoms with Crippen molar-refractivity contribution < 1.29 is 14.3 Å². The van der Waals surface area contributed by atoms with E-state index in [0.717, 1.165) is 41.8 Å². The molecule has 1 amide bonds. The average Bonchev–Trinajstić information content (AvgIpc) is 2.98. The van der Waals surface area contributed by atoms with Crippen molar-refractivity contribution in [1.82, 2.24) is 10.6 Å². The maximum Gasteiger partial charge on any atom is 0.258 e. The fourth-order valence-electron chi connectivity index (χ4n) is 2.60. The predicted octanol–water partition coefficient (Wildman–Crippen LogP) is 3.01. The van der Waals surface area contributed by atoms with Gasteiger partial charge in [-0.1, -0.05) is 15.9 Å². The maximum absolute atomic E-state index is 11.9. The molecular formula is C18H27BrN2O3. The Morgan fingerprint density at radius 3 is 2.88 bits per heavy atom. The quantitative estimate of drug-likeness (QED) is 0.740. The molecule has 0 aliphatic carbocycles. The topological polar surface area (TPSA) is 59.6 Å². The first-order valence-corrected chi connectivity index (χ1v) is 9.17. The summed E-state index contributed by atoms with van der Waals surface area (Å²) < 4.78 is 12.3. The minimum Gasteiger partial charge on any atom is -0.483 e. The van der Waals surface area contributed by atoms with Gasteiger partial charge in [-0.25, -0.2) is 0 Å². The molecule has 1 aliphatic heterocycles. The third-order valence-electron chi connectivity index (χ3n) is 3.61. The summed E-state index contributed by atoms with van der Waals surface area (Å²) in [5, 5.41) is 6.31. The van der Waals surface area contributed by atoms with Crippen molar-refractivity contribution in [3.8, 4) is 5.75 Å². The van der Waals surface area contributed by atoms with Crippen LogP contribution in [0, 0.1) is 0 Å². The molecule has 1 saturated heterocycles. The fraction of sp³-hybridized carbons (Fsp3) is 0.611. The smallest absolute Gasteiger partial charge is 0.258 e. The van der Waals surface area contributed by atoms with Crippen LogP contribution in [0.15, 0.2) is 22.7 Å². The third kappa shape index (κ3) is 6.79. The summed E-state index contributed by atoms with van der Waals surface area (Å²) in [5.41, 5.74) is 0.761. The molecule has 0 aromatic heterocycles. The van der Waals surface area contributed by atoms with E-state index in [1.165, 1.54) is 0 Å². The van der Waals surface area contributed by atoms with Crippen LogP contribution in [0.3, 0.4) is 0 Å². The van der Waals surface area contributed by atoms with Crippen LogP contribution in [0.1, 0.15) is 39.2 Å². The third-order valence-corrected chi connectivity index (χ3v) is 4.10. The number of carbonyl (C=O) groups is 1. The predicted molar refractivity (Wildman–Crippen MR) is 98.2 cm³/mol. The van der Waals surface area contributed by atoms with E-state index in [9.17, 15) is 4.79 Å². The number of amides is 1. The molecule has 0 bridgehead atoms. The number of carbonyl (C=O) groups excluding carboxylic acids is 1. The van der Waals surface area contributed by atoms with E-state index in [4.69, 9.17) is 9.47 Å². The highest BCUT2D eigenvalue weighted by Crippen LogP contribution is 2.23. The molecule has 1 aromatic rings. The van der Waals surface area contributed by atoms with Crippen molar-refractivity contribution in [1.29, 1.82) is 0 Å². The first-order valence-electron chi connectivity index (χ1n) is 8.38. The monoisotopic (exact) mass is 398 g/mol. The Labute approximate surface area is 152 Å². The van der Waals surface area contributed by atoms with Gasteiger partial charge in [0.25, 0.3) is 5.91 Å². The molecule has 5 nitrogen and oxygen atoms in total. The summed E-state index contributed by atoms with van der Waals surface area (Å²) in [5.74, 6) is 0.603. The zero-order valence-corrected chi connectivity index (χ0v) is 16.2. The van der Waals surface area contributed by atoms with Gasteiger partial charge < -0.3 is 20.1 Å². The molecule has 1 aromatic carbocycles. The van der Waals surface area contributed by atoms with E-state index >= 15 is 0 Å². The lowest BCUT2D eigenvalue weighted by atomic mass is 10.1. The number of rotatable bonds is 7. The second kappa shape index (κ2) is 8.83. The highest BCUT2D eigenvalue weighted by atomic mass is 79.9. The Kier molecular flexibility index (Phi) is 7.07. The van der Waals surface area contributed by atoms with Crippen LogP contribution in [0.5, 0.6) is 5.75 Å². The van der Waals surface area contributed by atoms with Gasteiger partial charge >= 0.3 is 0 Å². The Morgan fingerprint density at radius 1 is 1.42 bits per heavy atom. The molecule has 134 valence electrons. The standard InChI is InChI=1S/C18H27BrN2O3/c1-18(2,3)21-17(22)12-24-16-7-6-14(19)9-13(16)10-20-11-15-5-4-8-23-15/h6-7,9,15,20H,4-5,8,10-12H2,1-3H3,(H,21,22). The van der Waals surface area contributed by atoms with Crippen molar-refractivity contribution >= 4 is 21.8 Å². The molecule has 1 fully saturated rings. The molecule has 0 saturated carbocycles. The van der Waals surface area contributed by atoms with Crippen LogP contribution in [-0.4, -0.2) is 37.3 Å². The zero-order valence-electron chi connectivity index (χ0n) is 14.7. The zero-order chi connectivity index (χ0) is 17.6. The van der Waals surface area contributed by atoms with E-state index in [1.807, 2.05) is 39.0 Å². The molecule has 1 aliphatic rings. The van der Waals surface area contributed by atoms with E-state index in [2.05, 4.69) is 26.6 Å². The van der Waals surface area contributed by atoms with Crippen molar-refractivity contribution in [2.75, 3.05) is 19.8 Å². The van der Waals surface area contributed by atoms with Crippen LogP contribution in [0.25, 0.3) is 0 Å². The largest absolute Gasteiger partial charge is 0.483 e. The molecule has 1 atom stereocenters. The average molecular weight is 399 g/mol. The van der Waals surface area contributed by atoms with Crippen LogP contribution < -0.4 is 15.4 Å². The second-order valence-corrected chi connectivity index (χ2v) is 8.02. The highest BCUT2D eigenvalue weighted by Gasteiger charge is 2.16. The summed E-state index contributed by atoms with van der Waals surface area (Å²) in [6.07, 6.45) is 2.56. The normalized spacial score (nSPS) is 17.8. The molecule has 0 spiro atoms. The second-order valence-electron chi connectivity index (χ2n) is 7.10. The van der Waals surface area contributed by atoms with E-state index in [1.54, 1.807) is 0 Å². The number of hydrogen-bond acceptors (Lipinski definition) is 4. The highest BCUT2D eigenvalue weighted by molar-refractivity contribution is 9.10. The molecule has 1 heterocycles. The Bertz CT molecular complexity index is 552. The number of hydrogen-bond donors (Lipinski definition) is 2. The van der Waals surface area contributed by atoms with Crippen molar-refractivity contribution in [2.24, 2.45) is 0 Å². The molecule has 2 N–H and O–H groups in total. The first kappa shape index (κ1) is 19.2. The van der Waals surface area contributed by atoms with Gasteiger partial charge in [-0.3, -0.25) is 4.79 Å². The van der Waals surface area contributed by atoms with Crippen molar-refractivity contribution in [3.05, 3.63) is 28.2 Å². The lowest BCUT2D eigenvalue weighted by Gasteiger charge is -2.21. The first-order chi connectivity index (χ1) is 11.3. The summed E-state index contributed by atoms with van der Waals surface area (Å²) in [6.45, 7) is 8.23. The Morgan fingerprint density at radius 2 is 2.21 bits per heavy atom. The summed E-state index contributed by atoms with van der Waals surface area (Å²) in [6, 6.07) is 5.82. The Hall–Kier alpha value is -1.11. The van der Waals surface area contributed by atoms with Crippen LogP contribution in [-0.2, 0) is 16.1 Å². The molecule has 6 heteroatoms. The van der Waals surface area contributed by atoms with Gasteiger partial charge in [-0.05, 0) is 51.8 Å². The lowest BCUT2D eigenvalue weighted by Crippen LogP contribution is -2.43. The van der Waals surface area contributed by atoms with Gasteiger partial charge in [-0.15, -0.1) is 0 Å². The lowest BCUT2D eigenvalue weighted by molar-refractivity contribution is -0.124.